The second-order valence-corrected chi connectivity index (χ2v) is 8.92. The molecule has 0 N–H and O–H groups in total. The van der Waals surface area contributed by atoms with Crippen molar-refractivity contribution in [3.8, 4) is 0 Å². The van der Waals surface area contributed by atoms with Crippen LogP contribution in [0.25, 0.3) is 38.4 Å². The lowest BCUT2D eigenvalue weighted by molar-refractivity contribution is 1.03. The molecule has 0 spiro atoms. The van der Waals surface area contributed by atoms with Gasteiger partial charge in [-0.25, -0.2) is 0 Å². The van der Waals surface area contributed by atoms with Crippen molar-refractivity contribution in [3.63, 3.8) is 0 Å². The van der Waals surface area contributed by atoms with Crippen LogP contribution in [-0.4, -0.2) is 0 Å². The molecule has 0 nitrogen and oxygen atoms in total. The van der Waals surface area contributed by atoms with Gasteiger partial charge in [-0.1, -0.05) is 54.6 Å². The summed E-state index contributed by atoms with van der Waals surface area (Å²) in [6, 6.07) is 11.4. The number of aryl methyl sites for hydroxylation is 4. The van der Waals surface area contributed by atoms with Gasteiger partial charge in [0.05, 0.1) is 0 Å². The van der Waals surface area contributed by atoms with Crippen molar-refractivity contribution in [2.75, 3.05) is 0 Å². The van der Waals surface area contributed by atoms with Gasteiger partial charge in [0.25, 0.3) is 0 Å². The van der Waals surface area contributed by atoms with E-state index >= 15 is 0 Å². The van der Waals surface area contributed by atoms with E-state index in [1.54, 1.807) is 0 Å². The van der Waals surface area contributed by atoms with Gasteiger partial charge in [-0.3, -0.25) is 0 Å². The normalized spacial score (nSPS) is 15.6. The monoisotopic (exact) mass is 376 g/mol. The zero-order chi connectivity index (χ0) is 20.6. The third-order valence-corrected chi connectivity index (χ3v) is 7.30. The van der Waals surface area contributed by atoms with Gasteiger partial charge in [-0.15, -0.1) is 0 Å². The molecule has 1 aliphatic carbocycles. The van der Waals surface area contributed by atoms with Crippen LogP contribution in [0.3, 0.4) is 0 Å². The maximum absolute atomic E-state index is 4.29. The molecular formula is C29H28. The molecule has 5 rings (SSSR count). The average molecular weight is 377 g/mol. The van der Waals surface area contributed by atoms with E-state index in [0.29, 0.717) is 5.92 Å². The standard InChI is InChI=1S/C29H28/c1-15(2)21-11-12-22-17(4)18(5)28-25(29(21)22)14-13-24-23-10-8-9-16(3)26(23)19(6)20(7)27(24)28/h8-14,21H,1H2,2-7H3. The molecule has 1 aliphatic rings. The lowest BCUT2D eigenvalue weighted by Gasteiger charge is -2.22. The van der Waals surface area contributed by atoms with Crippen molar-refractivity contribution in [2.45, 2.75) is 47.5 Å². The van der Waals surface area contributed by atoms with E-state index in [9.17, 15) is 0 Å². The molecular weight excluding hydrogens is 348 g/mol. The van der Waals surface area contributed by atoms with Crippen LogP contribution < -0.4 is 0 Å². The van der Waals surface area contributed by atoms with Gasteiger partial charge >= 0.3 is 0 Å². The Morgan fingerprint density at radius 3 is 2.03 bits per heavy atom. The Labute approximate surface area is 173 Å². The molecule has 144 valence electrons. The highest BCUT2D eigenvalue weighted by Crippen LogP contribution is 2.46. The Balaban J connectivity index is 2.08. The molecule has 0 heterocycles. The molecule has 0 radical (unpaired) electrons. The molecule has 1 unspecified atom stereocenters. The average Bonchev–Trinajstić information content (AvgIpc) is 3.15. The highest BCUT2D eigenvalue weighted by atomic mass is 14.3. The predicted octanol–water partition coefficient (Wildman–Crippen LogP) is 8.37. The molecule has 4 aromatic rings. The summed E-state index contributed by atoms with van der Waals surface area (Å²) < 4.78 is 0. The van der Waals surface area contributed by atoms with Crippen LogP contribution in [0.4, 0.5) is 0 Å². The van der Waals surface area contributed by atoms with Crippen molar-refractivity contribution in [3.05, 3.63) is 87.5 Å². The number of rotatable bonds is 1. The molecule has 1 atom stereocenters. The van der Waals surface area contributed by atoms with E-state index in [1.165, 1.54) is 76.8 Å². The quantitative estimate of drug-likeness (QED) is 0.231. The summed E-state index contributed by atoms with van der Waals surface area (Å²) in [6.07, 6.45) is 4.63. The number of hydrogen-bond donors (Lipinski definition) is 0. The fourth-order valence-electron chi connectivity index (χ4n) is 5.58. The molecule has 0 heteroatoms. The van der Waals surface area contributed by atoms with Crippen molar-refractivity contribution in [1.82, 2.24) is 0 Å². The SMILES string of the molecule is C=C(C)C1C=Cc2c(C)c(C)c3c(ccc4c5cccc(C)c5c(C)c(C)c43)c21. The fraction of sp³-hybridized carbons (Fsp3) is 0.241. The number of allylic oxidation sites excluding steroid dienone is 2. The van der Waals surface area contributed by atoms with Gasteiger partial charge in [-0.2, -0.15) is 0 Å². The van der Waals surface area contributed by atoms with E-state index in [-0.39, 0.29) is 0 Å². The summed E-state index contributed by atoms with van der Waals surface area (Å²) >= 11 is 0. The first-order valence-electron chi connectivity index (χ1n) is 10.5. The second-order valence-electron chi connectivity index (χ2n) is 8.92. The zero-order valence-electron chi connectivity index (χ0n) is 18.3. The van der Waals surface area contributed by atoms with Gasteiger partial charge in [0.15, 0.2) is 0 Å². The Morgan fingerprint density at radius 2 is 1.31 bits per heavy atom. The lowest BCUT2D eigenvalue weighted by Crippen LogP contribution is -2.01. The van der Waals surface area contributed by atoms with Crippen LogP contribution in [0.1, 0.15) is 51.8 Å². The first kappa shape index (κ1) is 18.2. The van der Waals surface area contributed by atoms with Gasteiger partial charge in [-0.05, 0) is 113 Å². The summed E-state index contributed by atoms with van der Waals surface area (Å²) in [6.45, 7) is 17.8. The van der Waals surface area contributed by atoms with Crippen molar-refractivity contribution in [2.24, 2.45) is 0 Å². The predicted molar refractivity (Wildman–Crippen MR) is 129 cm³/mol. The molecule has 29 heavy (non-hydrogen) atoms. The Hall–Kier alpha value is -2.86. The third-order valence-electron chi connectivity index (χ3n) is 7.30. The largest absolute Gasteiger partial charge is 0.0992 e. The molecule has 0 amide bonds. The number of fused-ring (bicyclic) bond motifs is 7. The van der Waals surface area contributed by atoms with Crippen molar-refractivity contribution < 1.29 is 0 Å². The summed E-state index contributed by atoms with van der Waals surface area (Å²) in [5.74, 6) is 0.313. The van der Waals surface area contributed by atoms with Crippen LogP contribution in [0.15, 0.2) is 48.6 Å². The second kappa shape index (κ2) is 6.07. The van der Waals surface area contributed by atoms with Crippen molar-refractivity contribution in [1.29, 1.82) is 0 Å². The zero-order valence-corrected chi connectivity index (χ0v) is 18.3. The minimum Gasteiger partial charge on any atom is -0.0992 e. The molecule has 0 saturated carbocycles. The highest BCUT2D eigenvalue weighted by Gasteiger charge is 2.25. The van der Waals surface area contributed by atoms with E-state index in [1.807, 2.05) is 0 Å². The van der Waals surface area contributed by atoms with E-state index < -0.39 is 0 Å². The smallest absolute Gasteiger partial charge is 0.0238 e. The summed E-state index contributed by atoms with van der Waals surface area (Å²) in [5.41, 5.74) is 11.0. The molecule has 0 aromatic heterocycles. The molecule has 0 saturated heterocycles. The van der Waals surface area contributed by atoms with Crippen LogP contribution in [0.2, 0.25) is 0 Å². The van der Waals surface area contributed by atoms with Crippen LogP contribution in [0.5, 0.6) is 0 Å². The molecule has 0 fully saturated rings. The third kappa shape index (κ3) is 2.26. The Morgan fingerprint density at radius 1 is 0.724 bits per heavy atom. The summed E-state index contributed by atoms with van der Waals surface area (Å²) in [7, 11) is 0. The molecule has 0 bridgehead atoms. The van der Waals surface area contributed by atoms with E-state index in [2.05, 4.69) is 90.6 Å². The van der Waals surface area contributed by atoms with Crippen LogP contribution >= 0.6 is 0 Å². The van der Waals surface area contributed by atoms with Crippen LogP contribution in [0, 0.1) is 34.6 Å². The van der Waals surface area contributed by atoms with E-state index in [0.717, 1.165) is 0 Å². The summed E-state index contributed by atoms with van der Waals surface area (Å²) in [5, 5.41) is 8.40. The summed E-state index contributed by atoms with van der Waals surface area (Å²) in [4.78, 5) is 0. The van der Waals surface area contributed by atoms with Crippen molar-refractivity contribution >= 4 is 38.4 Å². The Bertz CT molecular complexity index is 1410. The first-order valence-corrected chi connectivity index (χ1v) is 10.5. The fourth-order valence-corrected chi connectivity index (χ4v) is 5.58. The van der Waals surface area contributed by atoms with Crippen LogP contribution in [-0.2, 0) is 0 Å². The molecule has 0 aliphatic heterocycles. The van der Waals surface area contributed by atoms with Gasteiger partial charge in [0.2, 0.25) is 0 Å². The van der Waals surface area contributed by atoms with E-state index in [4.69, 9.17) is 0 Å². The minimum atomic E-state index is 0.313. The highest BCUT2D eigenvalue weighted by molar-refractivity contribution is 6.22. The lowest BCUT2D eigenvalue weighted by atomic mass is 9.81. The maximum atomic E-state index is 4.29. The topological polar surface area (TPSA) is 0 Å². The first-order chi connectivity index (χ1) is 13.8. The minimum absolute atomic E-state index is 0.313. The van der Waals surface area contributed by atoms with Gasteiger partial charge in [0.1, 0.15) is 0 Å². The van der Waals surface area contributed by atoms with Gasteiger partial charge < -0.3 is 0 Å². The molecule has 4 aromatic carbocycles. The maximum Gasteiger partial charge on any atom is 0.0238 e. The van der Waals surface area contributed by atoms with Gasteiger partial charge in [0, 0.05) is 5.92 Å². The Kier molecular flexibility index (Phi) is 3.80. The number of benzene rings is 4. The number of hydrogen-bond acceptors (Lipinski definition) is 0.